The number of benzene rings is 2. The Kier molecular flexibility index (Phi) is 20.6. The molecule has 6 aromatic rings. The van der Waals surface area contributed by atoms with Crippen LogP contribution in [0.5, 0.6) is 0 Å². The summed E-state index contributed by atoms with van der Waals surface area (Å²) in [7, 11) is 3.29. The fraction of sp³-hybridized carbons (Fsp3) is 0.451. The number of aromatic nitrogens is 2. The number of thiazole rings is 2. The van der Waals surface area contributed by atoms with Crippen LogP contribution in [-0.2, 0) is 54.5 Å². The maximum absolute atomic E-state index is 12.8. The van der Waals surface area contributed by atoms with Gasteiger partial charge in [-0.2, -0.15) is 0 Å². The molecule has 2 aliphatic rings. The van der Waals surface area contributed by atoms with Crippen LogP contribution in [0.2, 0.25) is 0 Å². The number of hydrogen-bond acceptors (Lipinski definition) is 16. The van der Waals surface area contributed by atoms with Gasteiger partial charge in [0.15, 0.2) is 0 Å². The van der Waals surface area contributed by atoms with Crippen molar-refractivity contribution in [1.82, 2.24) is 25.1 Å². The number of ether oxygens (including phenoxy) is 4. The Bertz CT molecular complexity index is 2700. The minimum absolute atomic E-state index is 0. The highest BCUT2D eigenvalue weighted by molar-refractivity contribution is 7.23. The van der Waals surface area contributed by atoms with Crippen LogP contribution in [0.4, 0.5) is 19.6 Å². The van der Waals surface area contributed by atoms with Gasteiger partial charge < -0.3 is 50.4 Å². The fourth-order valence-corrected chi connectivity index (χ4v) is 12.1. The molecule has 20 heteroatoms. The van der Waals surface area contributed by atoms with Crippen LogP contribution in [0.15, 0.2) is 61.2 Å². The number of thiophene rings is 2. The lowest BCUT2D eigenvalue weighted by atomic mass is 10.0. The van der Waals surface area contributed by atoms with Crippen LogP contribution >= 0.6 is 45.3 Å². The molecule has 4 aromatic heterocycles. The largest absolute Gasteiger partial charge is 0.444 e. The average Bonchev–Trinajstić information content (AvgIpc) is 4.10. The molecule has 16 nitrogen and oxygen atoms in total. The number of nitrogens with two attached hydrogens (primary N) is 1. The predicted molar refractivity (Wildman–Crippen MR) is 291 cm³/mol. The lowest BCUT2D eigenvalue weighted by molar-refractivity contribution is -0.116. The molecule has 0 saturated carbocycles. The zero-order chi connectivity index (χ0) is 50.6. The van der Waals surface area contributed by atoms with Gasteiger partial charge >= 0.3 is 12.2 Å². The normalized spacial score (nSPS) is 13.1. The van der Waals surface area contributed by atoms with E-state index in [0.29, 0.717) is 78.3 Å². The first-order valence-electron chi connectivity index (χ1n) is 23.0. The van der Waals surface area contributed by atoms with Crippen LogP contribution < -0.4 is 21.7 Å². The van der Waals surface area contributed by atoms with Crippen molar-refractivity contribution in [2.75, 3.05) is 70.8 Å². The molecule has 5 N–H and O–H groups in total. The van der Waals surface area contributed by atoms with Crippen molar-refractivity contribution < 1.29 is 38.1 Å². The number of fused-ring (bicyclic) bond motifs is 4. The van der Waals surface area contributed by atoms with Crippen molar-refractivity contribution in [3.8, 4) is 21.1 Å². The van der Waals surface area contributed by atoms with Crippen molar-refractivity contribution in [3.63, 3.8) is 0 Å². The number of rotatable bonds is 13. The molecule has 0 spiro atoms. The van der Waals surface area contributed by atoms with E-state index in [-0.39, 0.29) is 31.4 Å². The minimum atomic E-state index is -0.546. The maximum atomic E-state index is 12.8. The molecule has 2 aliphatic heterocycles. The summed E-state index contributed by atoms with van der Waals surface area (Å²) in [5.41, 5.74) is 10.0. The Morgan fingerprint density at radius 2 is 1.17 bits per heavy atom. The number of methoxy groups -OCH3 is 2. The van der Waals surface area contributed by atoms with E-state index in [0.717, 1.165) is 72.5 Å². The van der Waals surface area contributed by atoms with Gasteiger partial charge in [0.25, 0.3) is 0 Å². The molecule has 0 aliphatic carbocycles. The predicted octanol–water partition coefficient (Wildman–Crippen LogP) is 10.6. The molecule has 4 amide bonds. The van der Waals surface area contributed by atoms with E-state index in [1.165, 1.54) is 28.7 Å². The van der Waals surface area contributed by atoms with Gasteiger partial charge in [0.1, 0.15) is 31.2 Å². The van der Waals surface area contributed by atoms with Crippen molar-refractivity contribution in [1.29, 1.82) is 0 Å². The molecule has 0 fully saturated rings. The van der Waals surface area contributed by atoms with Crippen LogP contribution in [0.25, 0.3) is 41.6 Å². The molecular weight excluding hydrogens is 981 g/mol. The molecule has 8 rings (SSSR count). The summed E-state index contributed by atoms with van der Waals surface area (Å²) in [6.07, 6.45) is 2.35. The SMILES string of the molecule is C.C=CC(=O)Nc1sc2c(c1-c1nc3ccccc3s1)CCN(C(=O)OC(C)(C)C)C2.COCCN.COCCNCCC(=O)Nc1sc2c(c1-c1nc3ccccc3s1)CCN(C(=O)OC(C)(C)C)C2. The lowest BCUT2D eigenvalue weighted by Gasteiger charge is -2.30. The summed E-state index contributed by atoms with van der Waals surface area (Å²) < 4.78 is 22.9. The second-order valence-electron chi connectivity index (χ2n) is 18.2. The van der Waals surface area contributed by atoms with Gasteiger partial charge in [0, 0.05) is 74.2 Å². The molecular formula is C51H68N8O8S4. The summed E-state index contributed by atoms with van der Waals surface area (Å²) >= 11 is 6.24. The van der Waals surface area contributed by atoms with E-state index in [1.807, 2.05) is 84.0 Å². The smallest absolute Gasteiger partial charge is 0.410 e. The van der Waals surface area contributed by atoms with Gasteiger partial charge in [-0.1, -0.05) is 38.3 Å². The Labute approximate surface area is 432 Å². The highest BCUT2D eigenvalue weighted by Gasteiger charge is 2.33. The maximum Gasteiger partial charge on any atom is 0.410 e. The van der Waals surface area contributed by atoms with Crippen LogP contribution in [0.3, 0.4) is 0 Å². The highest BCUT2D eigenvalue weighted by Crippen LogP contribution is 2.47. The Balaban J connectivity index is 0.000000240. The summed E-state index contributed by atoms with van der Waals surface area (Å²) in [5.74, 6) is -0.320. The Morgan fingerprint density at radius 1 is 0.704 bits per heavy atom. The molecule has 6 heterocycles. The average molecular weight is 1050 g/mol. The lowest BCUT2D eigenvalue weighted by Crippen LogP contribution is -2.39. The molecule has 71 heavy (non-hydrogen) atoms. The number of carbonyl (C=O) groups excluding carboxylic acids is 4. The van der Waals surface area contributed by atoms with Gasteiger partial charge in [0.05, 0.1) is 46.7 Å². The first-order chi connectivity index (χ1) is 33.4. The molecule has 0 bridgehead atoms. The molecule has 384 valence electrons. The van der Waals surface area contributed by atoms with Crippen LogP contribution in [-0.4, -0.2) is 115 Å². The summed E-state index contributed by atoms with van der Waals surface area (Å²) in [5, 5.41) is 12.6. The summed E-state index contributed by atoms with van der Waals surface area (Å²) in [6, 6.07) is 16.0. The third kappa shape index (κ3) is 15.6. The number of para-hydroxylation sites is 2. The van der Waals surface area contributed by atoms with Crippen molar-refractivity contribution in [2.24, 2.45) is 5.73 Å². The van der Waals surface area contributed by atoms with Gasteiger partial charge in [-0.25, -0.2) is 19.6 Å². The molecule has 0 unspecified atom stereocenters. The Morgan fingerprint density at radius 3 is 1.58 bits per heavy atom. The van der Waals surface area contributed by atoms with Crippen molar-refractivity contribution >= 4 is 99.8 Å². The first kappa shape index (κ1) is 56.6. The fourth-order valence-electron chi connectivity index (χ4n) is 7.33. The van der Waals surface area contributed by atoms with E-state index >= 15 is 0 Å². The second kappa shape index (κ2) is 25.9. The standard InChI is InChI=1S/C25H32N4O4S2.C22H23N3O3S2.C3H9NO.CH4/c1-25(2,3)33-24(31)29-13-10-16-19(15-29)35-23(28-20(30)9-11-26-12-14-32-4)21(16)22-27-17-7-5-6-8-18(17)34-22;1-5-17(26)24-20-18(19-23-14-8-6-7-9-15(14)29-19)13-10-11-25(12-16(13)30-20)21(27)28-22(2,3)4;1-5-3-2-4;/h5-8,26H,9-15H2,1-4H3,(H,28,30);5-9H,1,10-12H2,2-4H3,(H,24,26);2-4H2,1H3;1H4. The number of nitrogens with zero attached hydrogens (tertiary/aromatic N) is 4. The van der Waals surface area contributed by atoms with Crippen LogP contribution in [0, 0.1) is 0 Å². The summed E-state index contributed by atoms with van der Waals surface area (Å²) in [6.45, 7) is 20.0. The van der Waals surface area contributed by atoms with E-state index < -0.39 is 11.2 Å². The molecule has 0 atom stereocenters. The van der Waals surface area contributed by atoms with E-state index in [1.54, 1.807) is 46.7 Å². The minimum Gasteiger partial charge on any atom is -0.444 e. The molecule has 0 radical (unpaired) electrons. The topological polar surface area (TPSA) is 200 Å². The molecule has 0 saturated heterocycles. The van der Waals surface area contributed by atoms with Crippen LogP contribution in [0.1, 0.15) is 76.3 Å². The van der Waals surface area contributed by atoms with Crippen molar-refractivity contribution in [3.05, 3.63) is 82.1 Å². The second-order valence-corrected chi connectivity index (χ2v) is 22.5. The van der Waals surface area contributed by atoms with Gasteiger partial charge in [0.2, 0.25) is 11.8 Å². The van der Waals surface area contributed by atoms with E-state index in [9.17, 15) is 19.2 Å². The quantitative estimate of drug-likeness (QED) is 0.0631. The Hall–Kier alpha value is -5.32. The van der Waals surface area contributed by atoms with E-state index in [4.69, 9.17) is 29.9 Å². The number of amides is 4. The third-order valence-electron chi connectivity index (χ3n) is 10.4. The third-order valence-corrected chi connectivity index (χ3v) is 14.8. The first-order valence-corrected chi connectivity index (χ1v) is 26.3. The summed E-state index contributed by atoms with van der Waals surface area (Å²) in [4.78, 5) is 65.3. The molecule has 2 aromatic carbocycles. The number of hydrogen-bond donors (Lipinski definition) is 4. The number of nitrogens with one attached hydrogen (secondary N) is 3. The van der Waals surface area contributed by atoms with E-state index in [2.05, 4.69) is 33.3 Å². The van der Waals surface area contributed by atoms with Gasteiger partial charge in [-0.15, -0.1) is 45.3 Å². The highest BCUT2D eigenvalue weighted by atomic mass is 32.1. The van der Waals surface area contributed by atoms with Crippen molar-refractivity contribution in [2.45, 2.75) is 92.5 Å². The zero-order valence-electron chi connectivity index (χ0n) is 41.2. The zero-order valence-corrected chi connectivity index (χ0v) is 44.4. The van der Waals surface area contributed by atoms with Gasteiger partial charge in [-0.05, 0) is 95.9 Å². The van der Waals surface area contributed by atoms with Gasteiger partial charge in [-0.3, -0.25) is 9.59 Å². The monoisotopic (exact) mass is 1050 g/mol. The number of anilines is 2. The number of carbonyl (C=O) groups is 4.